The van der Waals surface area contributed by atoms with Crippen LogP contribution in [0.5, 0.6) is 6.01 Å². The van der Waals surface area contributed by atoms with Crippen molar-refractivity contribution < 1.29 is 14.6 Å². The van der Waals surface area contributed by atoms with Crippen LogP contribution in [0.1, 0.15) is 55.1 Å². The molecule has 0 amide bonds. The summed E-state index contributed by atoms with van der Waals surface area (Å²) < 4.78 is 5.84. The number of pyridine rings is 1. The molecule has 1 atom stereocenters. The van der Waals surface area contributed by atoms with Gasteiger partial charge in [-0.05, 0) is 50.3 Å². The van der Waals surface area contributed by atoms with Gasteiger partial charge in [-0.1, -0.05) is 6.42 Å². The number of ether oxygens (including phenoxy) is 1. The molecule has 0 bridgehead atoms. The molecule has 4 rings (SSSR count). The van der Waals surface area contributed by atoms with Crippen molar-refractivity contribution in [2.45, 2.75) is 44.9 Å². The molecule has 1 unspecified atom stereocenters. The van der Waals surface area contributed by atoms with Gasteiger partial charge in [0.05, 0.1) is 34.2 Å². The molecule has 3 heterocycles. The van der Waals surface area contributed by atoms with E-state index in [0.29, 0.717) is 35.6 Å². The number of aromatic nitrogens is 3. The fourth-order valence-electron chi connectivity index (χ4n) is 4.51. The third-order valence-electron chi connectivity index (χ3n) is 6.68. The van der Waals surface area contributed by atoms with Crippen LogP contribution in [0.3, 0.4) is 0 Å². The number of hydrazine groups is 1. The van der Waals surface area contributed by atoms with Crippen molar-refractivity contribution in [3.63, 3.8) is 0 Å². The Morgan fingerprint density at radius 1 is 1.26 bits per heavy atom. The number of carboxylic acid groups (broad SMARTS) is 1. The molecule has 2 aromatic rings. The van der Waals surface area contributed by atoms with Crippen LogP contribution >= 0.6 is 0 Å². The first kappa shape index (κ1) is 23.7. The maximum absolute atomic E-state index is 11.0. The number of nitrogens with two attached hydrogens (primary N) is 2. The van der Waals surface area contributed by atoms with Gasteiger partial charge in [-0.3, -0.25) is 4.79 Å². The first-order valence-corrected chi connectivity index (χ1v) is 11.7. The number of hydrogen-bond acceptors (Lipinski definition) is 9. The fourth-order valence-corrected chi connectivity index (χ4v) is 4.51. The third-order valence-corrected chi connectivity index (χ3v) is 6.68. The topological polar surface area (TPSA) is 144 Å². The van der Waals surface area contributed by atoms with Crippen molar-refractivity contribution in [2.75, 3.05) is 31.6 Å². The number of hydrogen-bond donors (Lipinski definition) is 3. The van der Waals surface area contributed by atoms with Gasteiger partial charge >= 0.3 is 12.0 Å². The number of aliphatic carboxylic acids is 1. The Balaban J connectivity index is 1.47. The van der Waals surface area contributed by atoms with Crippen molar-refractivity contribution in [3.05, 3.63) is 47.2 Å². The van der Waals surface area contributed by atoms with Crippen LogP contribution in [-0.2, 0) is 4.79 Å². The van der Waals surface area contributed by atoms with E-state index in [4.69, 9.17) is 26.4 Å². The Morgan fingerprint density at radius 2 is 2.06 bits per heavy atom. The summed E-state index contributed by atoms with van der Waals surface area (Å²) in [7, 11) is 1.70. The van der Waals surface area contributed by atoms with Gasteiger partial charge in [-0.2, -0.15) is 4.98 Å². The van der Waals surface area contributed by atoms with Crippen molar-refractivity contribution in [1.82, 2.24) is 20.0 Å². The van der Waals surface area contributed by atoms with Crippen molar-refractivity contribution in [3.8, 4) is 6.01 Å². The number of likely N-dealkylation sites (N-methyl/N-ethyl adjacent to an activating group) is 1. The van der Waals surface area contributed by atoms with E-state index in [1.807, 2.05) is 25.1 Å². The predicted octanol–water partition coefficient (Wildman–Crippen LogP) is 2.26. The highest BCUT2D eigenvalue weighted by Crippen LogP contribution is 2.35. The second kappa shape index (κ2) is 10.3. The van der Waals surface area contributed by atoms with Crippen LogP contribution < -0.4 is 21.2 Å². The van der Waals surface area contributed by atoms with Crippen LogP contribution in [-0.4, -0.2) is 57.8 Å². The molecule has 34 heavy (non-hydrogen) atoms. The van der Waals surface area contributed by atoms with Crippen molar-refractivity contribution in [2.24, 2.45) is 17.5 Å². The van der Waals surface area contributed by atoms with E-state index in [9.17, 15) is 4.79 Å². The molecule has 10 heteroatoms. The second-order valence-corrected chi connectivity index (χ2v) is 9.15. The molecular weight excluding hydrogens is 434 g/mol. The number of carbonyl (C=O) groups is 1. The summed E-state index contributed by atoms with van der Waals surface area (Å²) >= 11 is 0. The summed E-state index contributed by atoms with van der Waals surface area (Å²) in [5.41, 5.74) is 10.9. The lowest BCUT2D eigenvalue weighted by Gasteiger charge is -2.25. The van der Waals surface area contributed by atoms with Crippen LogP contribution in [0.15, 0.2) is 30.1 Å². The third kappa shape index (κ3) is 5.39. The lowest BCUT2D eigenvalue weighted by molar-refractivity contribution is -0.137. The molecule has 2 aliphatic rings. The van der Waals surface area contributed by atoms with Gasteiger partial charge in [0.25, 0.3) is 0 Å². The van der Waals surface area contributed by atoms with Crippen molar-refractivity contribution >= 4 is 17.4 Å². The summed E-state index contributed by atoms with van der Waals surface area (Å²) in [6.07, 6.45) is 6.31. The smallest absolute Gasteiger partial charge is 0.316 e. The number of anilines is 1. The minimum atomic E-state index is -0.754. The summed E-state index contributed by atoms with van der Waals surface area (Å²) in [4.78, 5) is 26.7. The molecule has 0 spiro atoms. The van der Waals surface area contributed by atoms with Gasteiger partial charge in [0.1, 0.15) is 6.61 Å². The zero-order valence-electron chi connectivity index (χ0n) is 19.8. The molecule has 10 nitrogen and oxygen atoms in total. The molecule has 1 saturated carbocycles. The minimum Gasteiger partial charge on any atom is -0.481 e. The first-order valence-electron chi connectivity index (χ1n) is 11.7. The van der Waals surface area contributed by atoms with Gasteiger partial charge < -0.3 is 25.5 Å². The molecule has 0 aromatic carbocycles. The Hall–Kier alpha value is -3.40. The van der Waals surface area contributed by atoms with E-state index in [2.05, 4.69) is 14.9 Å². The SMILES string of the molecule is Cc1nc(/C(N)=C(\COc2nccc(C3CCC3)n2)N(C)N)ccc1N1CCC(CC(=O)O)C1. The summed E-state index contributed by atoms with van der Waals surface area (Å²) in [5.74, 6) is 5.95. The Morgan fingerprint density at radius 3 is 2.71 bits per heavy atom. The molecule has 5 N–H and O–H groups in total. The summed E-state index contributed by atoms with van der Waals surface area (Å²) in [6.45, 7) is 3.57. The van der Waals surface area contributed by atoms with Gasteiger partial charge in [0.2, 0.25) is 0 Å². The summed E-state index contributed by atoms with van der Waals surface area (Å²) in [5, 5.41) is 10.5. The van der Waals surface area contributed by atoms with Gasteiger partial charge in [0.15, 0.2) is 0 Å². The average molecular weight is 468 g/mol. The van der Waals surface area contributed by atoms with E-state index < -0.39 is 5.97 Å². The second-order valence-electron chi connectivity index (χ2n) is 9.15. The van der Waals surface area contributed by atoms with E-state index in [0.717, 1.165) is 42.9 Å². The lowest BCUT2D eigenvalue weighted by Crippen LogP contribution is -2.31. The Labute approximate surface area is 199 Å². The Kier molecular flexibility index (Phi) is 7.16. The zero-order chi connectivity index (χ0) is 24.2. The number of aryl methyl sites for hydroxylation is 1. The van der Waals surface area contributed by atoms with Crippen LogP contribution in [0, 0.1) is 12.8 Å². The van der Waals surface area contributed by atoms with Crippen LogP contribution in [0.25, 0.3) is 5.70 Å². The molecule has 182 valence electrons. The van der Waals surface area contributed by atoms with Gasteiger partial charge in [0, 0.05) is 38.7 Å². The molecule has 0 radical (unpaired) electrons. The molecular formula is C24H33N7O3. The maximum atomic E-state index is 11.0. The first-order chi connectivity index (χ1) is 16.3. The largest absolute Gasteiger partial charge is 0.481 e. The fraction of sp³-hybridized carbons (Fsp3) is 0.500. The van der Waals surface area contributed by atoms with Gasteiger partial charge in [-0.25, -0.2) is 15.8 Å². The minimum absolute atomic E-state index is 0.110. The highest BCUT2D eigenvalue weighted by molar-refractivity contribution is 5.68. The van der Waals surface area contributed by atoms with Gasteiger partial charge in [-0.15, -0.1) is 0 Å². The molecule has 1 aliphatic carbocycles. The highest BCUT2D eigenvalue weighted by Gasteiger charge is 2.26. The zero-order valence-corrected chi connectivity index (χ0v) is 19.8. The number of carboxylic acids is 1. The van der Waals surface area contributed by atoms with E-state index in [1.54, 1.807) is 13.2 Å². The van der Waals surface area contributed by atoms with E-state index in [1.165, 1.54) is 11.4 Å². The molecule has 2 aromatic heterocycles. The van der Waals surface area contributed by atoms with Crippen LogP contribution in [0.4, 0.5) is 5.69 Å². The molecule has 2 fully saturated rings. The molecule has 1 aliphatic heterocycles. The number of rotatable bonds is 9. The van der Waals surface area contributed by atoms with E-state index >= 15 is 0 Å². The van der Waals surface area contributed by atoms with Crippen LogP contribution in [0.2, 0.25) is 0 Å². The normalized spacial score (nSPS) is 18.9. The Bertz CT molecular complexity index is 1070. The monoisotopic (exact) mass is 467 g/mol. The quantitative estimate of drug-likeness (QED) is 0.371. The number of nitrogens with zero attached hydrogens (tertiary/aromatic N) is 5. The van der Waals surface area contributed by atoms with Crippen molar-refractivity contribution in [1.29, 1.82) is 0 Å². The maximum Gasteiger partial charge on any atom is 0.316 e. The average Bonchev–Trinajstić information content (AvgIpc) is 3.20. The summed E-state index contributed by atoms with van der Waals surface area (Å²) in [6, 6.07) is 6.09. The van der Waals surface area contributed by atoms with E-state index in [-0.39, 0.29) is 18.9 Å². The standard InChI is InChI=1S/C24H33N7O3/c1-15-20(31-11-9-16(13-31)12-22(32)33)7-6-19(28-15)23(25)21(30(2)26)14-34-24-27-10-8-18(29-24)17-4-3-5-17/h6-8,10,16-17H,3-5,9,11-14,25-26H2,1-2H3,(H,32,33)/b23-21-. The highest BCUT2D eigenvalue weighted by atomic mass is 16.5. The lowest BCUT2D eigenvalue weighted by atomic mass is 9.83. The molecule has 1 saturated heterocycles. The predicted molar refractivity (Wildman–Crippen MR) is 129 cm³/mol.